The van der Waals surface area contributed by atoms with Crippen molar-refractivity contribution in [2.24, 2.45) is 0 Å². The molecule has 290 valence electrons. The van der Waals surface area contributed by atoms with Crippen LogP contribution in [0.5, 0.6) is 0 Å². The van der Waals surface area contributed by atoms with E-state index in [1.54, 1.807) is 0 Å². The van der Waals surface area contributed by atoms with Gasteiger partial charge in [0.05, 0.1) is 11.0 Å². The van der Waals surface area contributed by atoms with E-state index >= 15 is 0 Å². The Morgan fingerprint density at radius 1 is 0.475 bits per heavy atom. The third-order valence-electron chi connectivity index (χ3n) is 11.7. The fraction of sp³-hybridized carbons (Fsp3) is 0.0169. The van der Waals surface area contributed by atoms with Crippen LogP contribution in [0, 0.1) is 0 Å². The summed E-state index contributed by atoms with van der Waals surface area (Å²) < 4.78 is 2.43. The lowest BCUT2D eigenvalue weighted by Crippen LogP contribution is -2.14. The number of anilines is 2. The maximum absolute atomic E-state index is 4.71. The molecule has 0 atom stereocenters. The van der Waals surface area contributed by atoms with Gasteiger partial charge in [-0.2, -0.15) is 0 Å². The summed E-state index contributed by atoms with van der Waals surface area (Å²) in [6.45, 7) is 6.81. The first-order valence-electron chi connectivity index (χ1n) is 20.9. The number of para-hydroxylation sites is 2. The van der Waals surface area contributed by atoms with Crippen LogP contribution in [0.3, 0.4) is 0 Å². The molecule has 61 heavy (non-hydrogen) atoms. The van der Waals surface area contributed by atoms with Gasteiger partial charge in [0.1, 0.15) is 0 Å². The Labute approximate surface area is 357 Å². The van der Waals surface area contributed by atoms with Crippen LogP contribution in [0.25, 0.3) is 77.2 Å². The predicted octanol–water partition coefficient (Wildman–Crippen LogP) is 16.2. The van der Waals surface area contributed by atoms with Gasteiger partial charge in [-0.05, 0) is 124 Å². The van der Waals surface area contributed by atoms with Crippen LogP contribution < -0.4 is 4.90 Å². The molecule has 0 aliphatic heterocycles. The fourth-order valence-electron chi connectivity index (χ4n) is 8.79. The molecule has 0 saturated carbocycles. The minimum absolute atomic E-state index is 0.857. The molecule has 2 nitrogen and oxygen atoms in total. The van der Waals surface area contributed by atoms with Crippen LogP contribution in [0.2, 0.25) is 0 Å². The summed E-state index contributed by atoms with van der Waals surface area (Å²) in [4.78, 5) is 2.25. The van der Waals surface area contributed by atoms with Gasteiger partial charge in [0.2, 0.25) is 0 Å². The molecule has 1 heterocycles. The second kappa shape index (κ2) is 16.4. The molecular formula is C59H44N2. The van der Waals surface area contributed by atoms with Crippen LogP contribution in [-0.2, 0) is 0 Å². The summed E-state index contributed by atoms with van der Waals surface area (Å²) in [6.07, 6.45) is 6.53. The Morgan fingerprint density at radius 2 is 1.07 bits per heavy atom. The molecule has 0 spiro atoms. The third kappa shape index (κ3) is 7.15. The molecule has 0 aliphatic carbocycles. The second-order valence-corrected chi connectivity index (χ2v) is 15.4. The number of hydrogen-bond acceptors (Lipinski definition) is 1. The zero-order valence-corrected chi connectivity index (χ0v) is 34.1. The van der Waals surface area contributed by atoms with Crippen molar-refractivity contribution in [2.45, 2.75) is 6.92 Å². The van der Waals surface area contributed by atoms with Crippen molar-refractivity contribution in [3.8, 4) is 39.1 Å². The van der Waals surface area contributed by atoms with E-state index in [9.17, 15) is 0 Å². The van der Waals surface area contributed by atoms with Gasteiger partial charge in [0.15, 0.2) is 0 Å². The molecule has 0 unspecified atom stereocenters. The summed E-state index contributed by atoms with van der Waals surface area (Å²) >= 11 is 0. The van der Waals surface area contributed by atoms with Gasteiger partial charge < -0.3 is 9.47 Å². The fourth-order valence-corrected chi connectivity index (χ4v) is 8.79. The third-order valence-corrected chi connectivity index (χ3v) is 11.7. The smallest absolute Gasteiger partial charge is 0.0619 e. The van der Waals surface area contributed by atoms with Crippen molar-refractivity contribution in [3.63, 3.8) is 0 Å². The minimum atomic E-state index is 0.857. The highest BCUT2D eigenvalue weighted by molar-refractivity contribution is 6.22. The molecule has 0 fully saturated rings. The molecule has 0 bridgehead atoms. The maximum atomic E-state index is 4.71. The van der Waals surface area contributed by atoms with Crippen molar-refractivity contribution in [3.05, 3.63) is 254 Å². The first-order chi connectivity index (χ1) is 30.1. The number of rotatable bonds is 10. The van der Waals surface area contributed by atoms with E-state index in [0.29, 0.717) is 0 Å². The van der Waals surface area contributed by atoms with Crippen molar-refractivity contribution in [1.82, 2.24) is 4.57 Å². The van der Waals surface area contributed by atoms with Gasteiger partial charge in [-0.1, -0.05) is 176 Å². The number of fused-ring (bicyclic) bond motifs is 5. The lowest BCUT2D eigenvalue weighted by molar-refractivity contribution is 1.19. The molecule has 0 amide bonds. The largest absolute Gasteiger partial charge is 0.311 e. The van der Waals surface area contributed by atoms with Crippen LogP contribution in [0.4, 0.5) is 11.4 Å². The average Bonchev–Trinajstić information content (AvgIpc) is 3.68. The highest BCUT2D eigenvalue weighted by Gasteiger charge is 2.20. The Hall–Kier alpha value is -7.94. The number of hydrogen-bond donors (Lipinski definition) is 0. The topological polar surface area (TPSA) is 8.17 Å². The van der Waals surface area contributed by atoms with E-state index < -0.39 is 0 Å². The van der Waals surface area contributed by atoms with Crippen molar-refractivity contribution in [2.75, 3.05) is 4.90 Å². The summed E-state index contributed by atoms with van der Waals surface area (Å²) in [5, 5.41) is 4.93. The predicted molar refractivity (Wildman–Crippen MR) is 262 cm³/mol. The van der Waals surface area contributed by atoms with Gasteiger partial charge in [-0.15, -0.1) is 0 Å². The van der Waals surface area contributed by atoms with E-state index in [1.807, 2.05) is 0 Å². The van der Waals surface area contributed by atoms with Crippen molar-refractivity contribution < 1.29 is 0 Å². The lowest BCUT2D eigenvalue weighted by Gasteiger charge is -2.26. The van der Waals surface area contributed by atoms with E-state index in [0.717, 1.165) is 39.5 Å². The van der Waals surface area contributed by atoms with Gasteiger partial charge >= 0.3 is 0 Å². The standard InChI is InChI=1S/C59H44N2/c1-3-43(48-38-49(44-20-8-4-9-21-44)40-50(39-48)45-22-10-5-11-23-45)35-34-42(2)60(51-26-12-6-13-27-51)53-30-18-25-47(41-53)54-32-19-33-57-58(54)56-37-36-46-24-16-17-31-55(46)59(56)61(57)52-28-14-7-15-29-52/h3-41H,2H2,1H3/b35-34-,43-3+. The molecule has 1 aromatic heterocycles. The molecule has 0 aliphatic rings. The summed E-state index contributed by atoms with van der Waals surface area (Å²) in [5.74, 6) is 0. The minimum Gasteiger partial charge on any atom is -0.311 e. The maximum Gasteiger partial charge on any atom is 0.0619 e. The van der Waals surface area contributed by atoms with Crippen molar-refractivity contribution in [1.29, 1.82) is 0 Å². The normalized spacial score (nSPS) is 11.8. The number of nitrogens with zero attached hydrogens (tertiary/aromatic N) is 2. The summed E-state index contributed by atoms with van der Waals surface area (Å²) in [7, 11) is 0. The SMILES string of the molecule is C=C(/C=C\C(=C/C)c1cc(-c2ccccc2)cc(-c2ccccc2)c1)N(c1ccccc1)c1cccc(-c2cccc3c2c2ccc4ccccc4c2n3-c2ccccc2)c1. The highest BCUT2D eigenvalue weighted by Crippen LogP contribution is 2.43. The van der Waals surface area contributed by atoms with Crippen LogP contribution >= 0.6 is 0 Å². The van der Waals surface area contributed by atoms with Gasteiger partial charge in [-0.3, -0.25) is 0 Å². The van der Waals surface area contributed by atoms with E-state index in [4.69, 9.17) is 6.58 Å². The second-order valence-electron chi connectivity index (χ2n) is 15.4. The number of benzene rings is 9. The first-order valence-corrected chi connectivity index (χ1v) is 20.9. The Bertz CT molecular complexity index is 3190. The summed E-state index contributed by atoms with van der Waals surface area (Å²) in [5.41, 5.74) is 15.8. The van der Waals surface area contributed by atoms with Crippen LogP contribution in [0.15, 0.2) is 249 Å². The number of aromatic nitrogens is 1. The first kappa shape index (κ1) is 37.3. The molecule has 0 saturated heterocycles. The molecule has 10 aromatic rings. The molecule has 0 radical (unpaired) electrons. The van der Waals surface area contributed by atoms with Gasteiger partial charge in [-0.25, -0.2) is 0 Å². The average molecular weight is 781 g/mol. The summed E-state index contributed by atoms with van der Waals surface area (Å²) in [6, 6.07) is 78.2. The van der Waals surface area contributed by atoms with Gasteiger partial charge in [0.25, 0.3) is 0 Å². The van der Waals surface area contributed by atoms with Crippen LogP contribution in [-0.4, -0.2) is 4.57 Å². The zero-order valence-electron chi connectivity index (χ0n) is 34.1. The molecule has 9 aromatic carbocycles. The molecule has 10 rings (SSSR count). The van der Waals surface area contributed by atoms with E-state index in [2.05, 4.69) is 253 Å². The quantitative estimate of drug-likeness (QED) is 0.126. The number of allylic oxidation sites excluding steroid dienone is 4. The Morgan fingerprint density at radius 3 is 1.75 bits per heavy atom. The Kier molecular flexibility index (Phi) is 10.0. The van der Waals surface area contributed by atoms with E-state index in [-0.39, 0.29) is 0 Å². The Balaban J connectivity index is 1.07. The lowest BCUT2D eigenvalue weighted by atomic mass is 9.93. The highest BCUT2D eigenvalue weighted by atomic mass is 15.1. The zero-order chi connectivity index (χ0) is 41.1. The van der Waals surface area contributed by atoms with Crippen molar-refractivity contribution >= 4 is 49.5 Å². The molecule has 2 heteroatoms. The van der Waals surface area contributed by atoms with Crippen LogP contribution in [0.1, 0.15) is 12.5 Å². The molecule has 0 N–H and O–H groups in total. The van der Waals surface area contributed by atoms with E-state index in [1.165, 1.54) is 60.4 Å². The monoisotopic (exact) mass is 780 g/mol. The van der Waals surface area contributed by atoms with Gasteiger partial charge in [0, 0.05) is 38.9 Å². The molecular weight excluding hydrogens is 737 g/mol.